The second-order valence-corrected chi connectivity index (χ2v) is 2.35. The van der Waals surface area contributed by atoms with Crippen LogP contribution in [0.25, 0.3) is 0 Å². The van der Waals surface area contributed by atoms with Crippen LogP contribution in [0, 0.1) is 6.08 Å². The maximum atomic E-state index is 3.68. The Balaban J connectivity index is 3.77. The molecule has 11 heavy (non-hydrogen) atoms. The zero-order valence-corrected chi connectivity index (χ0v) is 7.17. The number of allylic oxidation sites excluding steroid dienone is 5. The van der Waals surface area contributed by atoms with Crippen molar-refractivity contribution in [1.82, 2.24) is 4.90 Å². The minimum absolute atomic E-state index is 0.799. The smallest absolute Gasteiger partial charge is 0.00556 e. The van der Waals surface area contributed by atoms with Crippen molar-refractivity contribution >= 4 is 0 Å². The van der Waals surface area contributed by atoms with Gasteiger partial charge in [-0.05, 0) is 23.9 Å². The van der Waals surface area contributed by atoms with Gasteiger partial charge in [0.1, 0.15) is 0 Å². The minimum Gasteiger partial charge on any atom is -0.383 e. The maximum absolute atomic E-state index is 3.68. The monoisotopic (exact) mass is 148 g/mol. The van der Waals surface area contributed by atoms with Crippen LogP contribution in [0.5, 0.6) is 0 Å². The van der Waals surface area contributed by atoms with E-state index in [0.29, 0.717) is 0 Å². The van der Waals surface area contributed by atoms with Gasteiger partial charge in [-0.3, -0.25) is 0 Å². The summed E-state index contributed by atoms with van der Waals surface area (Å²) in [6.07, 6.45) is 10.2. The number of nitrogens with zero attached hydrogens (tertiary/aromatic N) is 1. The molecule has 0 aromatic heterocycles. The van der Waals surface area contributed by atoms with E-state index in [4.69, 9.17) is 0 Å². The van der Waals surface area contributed by atoms with E-state index in [1.54, 1.807) is 6.08 Å². The molecule has 0 unspecified atom stereocenters. The van der Waals surface area contributed by atoms with Crippen molar-refractivity contribution in [3.05, 3.63) is 49.2 Å². The fraction of sp³-hybridized carbons (Fsp3) is 0.200. The summed E-state index contributed by atoms with van der Waals surface area (Å²) >= 11 is 0. The zero-order valence-electron chi connectivity index (χ0n) is 7.17. The van der Waals surface area contributed by atoms with Gasteiger partial charge < -0.3 is 4.90 Å². The number of rotatable bonds is 4. The molecule has 0 aliphatic carbocycles. The molecule has 0 fully saturated rings. The summed E-state index contributed by atoms with van der Waals surface area (Å²) in [7, 11) is 3.93. The zero-order chi connectivity index (χ0) is 8.69. The van der Waals surface area contributed by atoms with Crippen molar-refractivity contribution in [2.75, 3.05) is 14.1 Å². The van der Waals surface area contributed by atoms with Crippen LogP contribution in [0.1, 0.15) is 0 Å². The third-order valence-corrected chi connectivity index (χ3v) is 0.996. The quantitative estimate of drug-likeness (QED) is 0.552. The SMILES string of the molecule is C=CC(=C)/[C]=C/C=CN(C)C. The Morgan fingerprint density at radius 1 is 1.45 bits per heavy atom. The van der Waals surface area contributed by atoms with Crippen molar-refractivity contribution in [2.24, 2.45) is 0 Å². The normalized spacial score (nSPS) is 10.7. The Hall–Kier alpha value is -1.24. The molecule has 0 amide bonds. The molecule has 0 aromatic rings. The lowest BCUT2D eigenvalue weighted by Gasteiger charge is -2.00. The highest BCUT2D eigenvalue weighted by Crippen LogP contribution is 1.91. The average Bonchev–Trinajstić information content (AvgIpc) is 1.97. The fourth-order valence-corrected chi connectivity index (χ4v) is 0.429. The summed E-state index contributed by atoms with van der Waals surface area (Å²) < 4.78 is 0. The molecule has 0 saturated carbocycles. The van der Waals surface area contributed by atoms with Gasteiger partial charge in [-0.1, -0.05) is 25.3 Å². The third kappa shape index (κ3) is 6.65. The maximum Gasteiger partial charge on any atom is 0.00556 e. The molecule has 59 valence electrons. The van der Waals surface area contributed by atoms with E-state index in [-0.39, 0.29) is 0 Å². The van der Waals surface area contributed by atoms with Gasteiger partial charge in [-0.15, -0.1) is 0 Å². The lowest BCUT2D eigenvalue weighted by Crippen LogP contribution is -1.99. The largest absolute Gasteiger partial charge is 0.383 e. The van der Waals surface area contributed by atoms with Crippen LogP contribution in [0.2, 0.25) is 0 Å². The standard InChI is InChI=1S/C10H14N/c1-5-10(2)8-6-7-9-11(3)4/h5-7,9H,1-2H2,3-4H3. The van der Waals surface area contributed by atoms with Crippen LogP contribution >= 0.6 is 0 Å². The van der Waals surface area contributed by atoms with Crippen LogP contribution in [-0.2, 0) is 0 Å². The van der Waals surface area contributed by atoms with Crippen LogP contribution in [0.4, 0.5) is 0 Å². The average molecular weight is 148 g/mol. The highest BCUT2D eigenvalue weighted by atomic mass is 15.0. The molecule has 1 heteroatoms. The predicted molar refractivity (Wildman–Crippen MR) is 50.0 cm³/mol. The number of hydrogen-bond acceptors (Lipinski definition) is 1. The molecule has 0 aromatic carbocycles. The molecule has 1 nitrogen and oxygen atoms in total. The topological polar surface area (TPSA) is 3.24 Å². The first-order valence-corrected chi connectivity index (χ1v) is 3.41. The highest BCUT2D eigenvalue weighted by molar-refractivity contribution is 5.22. The van der Waals surface area contributed by atoms with Crippen LogP contribution in [0.15, 0.2) is 43.2 Å². The van der Waals surface area contributed by atoms with Crippen molar-refractivity contribution < 1.29 is 0 Å². The van der Waals surface area contributed by atoms with Gasteiger partial charge in [0.05, 0.1) is 0 Å². The van der Waals surface area contributed by atoms with Crippen molar-refractivity contribution in [3.8, 4) is 0 Å². The lowest BCUT2D eigenvalue weighted by molar-refractivity contribution is 0.564. The summed E-state index contributed by atoms with van der Waals surface area (Å²) in [5, 5.41) is 0. The van der Waals surface area contributed by atoms with Gasteiger partial charge >= 0.3 is 0 Å². The third-order valence-electron chi connectivity index (χ3n) is 0.996. The fourth-order valence-electron chi connectivity index (χ4n) is 0.429. The van der Waals surface area contributed by atoms with E-state index in [2.05, 4.69) is 19.2 Å². The molecular weight excluding hydrogens is 134 g/mol. The van der Waals surface area contributed by atoms with Crippen molar-refractivity contribution in [2.45, 2.75) is 0 Å². The molecule has 0 rings (SSSR count). The molecular formula is C10H14N. The van der Waals surface area contributed by atoms with Gasteiger partial charge in [0, 0.05) is 14.1 Å². The van der Waals surface area contributed by atoms with E-state index in [0.717, 1.165) is 5.57 Å². The van der Waals surface area contributed by atoms with Crippen molar-refractivity contribution in [3.63, 3.8) is 0 Å². The Morgan fingerprint density at radius 2 is 2.09 bits per heavy atom. The van der Waals surface area contributed by atoms with Gasteiger partial charge in [-0.2, -0.15) is 0 Å². The van der Waals surface area contributed by atoms with Gasteiger partial charge in [-0.25, -0.2) is 0 Å². The second kappa shape index (κ2) is 5.54. The minimum atomic E-state index is 0.799. The molecule has 0 bridgehead atoms. The van der Waals surface area contributed by atoms with E-state index in [9.17, 15) is 0 Å². The number of hydrogen-bond donors (Lipinski definition) is 0. The summed E-state index contributed by atoms with van der Waals surface area (Å²) in [6, 6.07) is 0. The summed E-state index contributed by atoms with van der Waals surface area (Å²) in [5.74, 6) is 0. The van der Waals surface area contributed by atoms with Crippen LogP contribution in [-0.4, -0.2) is 19.0 Å². The molecule has 0 atom stereocenters. The molecule has 1 radical (unpaired) electrons. The summed E-state index contributed by atoms with van der Waals surface area (Å²) in [5.41, 5.74) is 0.799. The van der Waals surface area contributed by atoms with Gasteiger partial charge in [0.15, 0.2) is 0 Å². The summed E-state index contributed by atoms with van der Waals surface area (Å²) in [4.78, 5) is 1.95. The van der Waals surface area contributed by atoms with E-state index >= 15 is 0 Å². The van der Waals surface area contributed by atoms with Crippen molar-refractivity contribution in [1.29, 1.82) is 0 Å². The van der Waals surface area contributed by atoms with Gasteiger partial charge in [0.2, 0.25) is 0 Å². The predicted octanol–water partition coefficient (Wildman–Crippen LogP) is 2.16. The molecule has 0 saturated heterocycles. The van der Waals surface area contributed by atoms with Crippen LogP contribution < -0.4 is 0 Å². The molecule has 0 heterocycles. The first-order valence-electron chi connectivity index (χ1n) is 3.41. The Kier molecular flexibility index (Phi) is 4.91. The van der Waals surface area contributed by atoms with E-state index in [1.807, 2.05) is 37.3 Å². The first-order chi connectivity index (χ1) is 5.16. The Bertz CT molecular complexity index is 185. The molecule has 0 spiro atoms. The summed E-state index contributed by atoms with van der Waals surface area (Å²) in [6.45, 7) is 7.24. The molecule has 0 N–H and O–H groups in total. The van der Waals surface area contributed by atoms with E-state index in [1.165, 1.54) is 0 Å². The Labute approximate surface area is 69.0 Å². The lowest BCUT2D eigenvalue weighted by atomic mass is 10.3. The first kappa shape index (κ1) is 9.76. The van der Waals surface area contributed by atoms with E-state index < -0.39 is 0 Å². The Morgan fingerprint density at radius 3 is 2.55 bits per heavy atom. The van der Waals surface area contributed by atoms with Crippen LogP contribution in [0.3, 0.4) is 0 Å². The molecule has 0 aliphatic rings. The molecule has 0 aliphatic heterocycles. The highest BCUT2D eigenvalue weighted by Gasteiger charge is 1.75. The van der Waals surface area contributed by atoms with Gasteiger partial charge in [0.25, 0.3) is 0 Å². The second-order valence-electron chi connectivity index (χ2n) is 2.35.